The topological polar surface area (TPSA) is 51.2 Å². The van der Waals surface area contributed by atoms with Crippen LogP contribution in [0.1, 0.15) is 16.1 Å². The predicted molar refractivity (Wildman–Crippen MR) is 71.2 cm³/mol. The lowest BCUT2D eigenvalue weighted by atomic mass is 10.2. The molecule has 4 nitrogen and oxygen atoms in total. The molecule has 0 saturated carbocycles. The van der Waals surface area contributed by atoms with Gasteiger partial charge in [0.15, 0.2) is 0 Å². The summed E-state index contributed by atoms with van der Waals surface area (Å²) < 4.78 is 28.2. The van der Waals surface area contributed by atoms with Crippen molar-refractivity contribution in [2.24, 2.45) is 0 Å². The van der Waals surface area contributed by atoms with Crippen molar-refractivity contribution in [3.63, 3.8) is 0 Å². The molecule has 0 spiro atoms. The van der Waals surface area contributed by atoms with Gasteiger partial charge >= 0.3 is 6.61 Å². The van der Waals surface area contributed by atoms with Crippen molar-refractivity contribution in [2.75, 3.05) is 6.54 Å². The van der Waals surface area contributed by atoms with Crippen LogP contribution in [0.3, 0.4) is 0 Å². The Morgan fingerprint density at radius 3 is 2.70 bits per heavy atom. The zero-order valence-electron chi connectivity index (χ0n) is 10.4. The number of nitrogens with one attached hydrogen (secondary N) is 1. The quantitative estimate of drug-likeness (QED) is 0.892. The fourth-order valence-electron chi connectivity index (χ4n) is 1.55. The summed E-state index contributed by atoms with van der Waals surface area (Å²) in [7, 11) is 0. The number of thiazole rings is 1. The number of nitrogens with zero attached hydrogens (tertiary/aromatic N) is 1. The second kappa shape index (κ2) is 6.95. The number of hydrogen-bond acceptors (Lipinski definition) is 4. The molecular weight excluding hydrogens is 286 g/mol. The molecule has 20 heavy (non-hydrogen) atoms. The molecule has 1 N–H and O–H groups in total. The van der Waals surface area contributed by atoms with Crippen molar-refractivity contribution in [2.45, 2.75) is 13.0 Å². The van der Waals surface area contributed by atoms with Crippen LogP contribution in [-0.2, 0) is 6.42 Å². The van der Waals surface area contributed by atoms with Gasteiger partial charge in [-0.2, -0.15) is 8.78 Å². The van der Waals surface area contributed by atoms with Gasteiger partial charge in [0.1, 0.15) is 5.75 Å². The summed E-state index contributed by atoms with van der Waals surface area (Å²) in [5, 5.41) is 4.65. The molecule has 0 aliphatic heterocycles. The zero-order chi connectivity index (χ0) is 14.4. The number of alkyl halides is 2. The number of ether oxygens (including phenoxy) is 1. The monoisotopic (exact) mass is 298 g/mol. The lowest BCUT2D eigenvalue weighted by Crippen LogP contribution is -2.25. The van der Waals surface area contributed by atoms with Gasteiger partial charge < -0.3 is 10.1 Å². The van der Waals surface area contributed by atoms with Gasteiger partial charge in [-0.05, 0) is 24.3 Å². The first-order valence-electron chi connectivity index (χ1n) is 5.85. The average molecular weight is 298 g/mol. The highest BCUT2D eigenvalue weighted by atomic mass is 32.1. The molecule has 1 heterocycles. The molecule has 2 aromatic rings. The predicted octanol–water partition coefficient (Wildman–Crippen LogP) is 2.72. The maximum Gasteiger partial charge on any atom is 0.387 e. The fourth-order valence-corrected chi connectivity index (χ4v) is 2.15. The van der Waals surface area contributed by atoms with Crippen molar-refractivity contribution < 1.29 is 18.3 Å². The minimum atomic E-state index is -2.87. The number of aromatic nitrogens is 1. The number of amides is 1. The molecule has 0 aliphatic rings. The van der Waals surface area contributed by atoms with Crippen LogP contribution in [0.15, 0.2) is 35.2 Å². The summed E-state index contributed by atoms with van der Waals surface area (Å²) in [4.78, 5) is 15.9. The molecule has 1 aromatic carbocycles. The Morgan fingerprint density at radius 1 is 1.35 bits per heavy atom. The van der Waals surface area contributed by atoms with Gasteiger partial charge in [-0.15, -0.1) is 11.3 Å². The highest BCUT2D eigenvalue weighted by Gasteiger charge is 2.07. The van der Waals surface area contributed by atoms with Crippen LogP contribution in [0.2, 0.25) is 0 Å². The Morgan fingerprint density at radius 2 is 2.10 bits per heavy atom. The van der Waals surface area contributed by atoms with Crippen LogP contribution in [0, 0.1) is 0 Å². The van der Waals surface area contributed by atoms with Crippen molar-refractivity contribution in [1.29, 1.82) is 0 Å². The number of carbonyl (C=O) groups excluding carboxylic acids is 1. The molecule has 0 aliphatic carbocycles. The van der Waals surface area contributed by atoms with E-state index in [2.05, 4.69) is 15.0 Å². The zero-order valence-corrected chi connectivity index (χ0v) is 11.2. The molecule has 7 heteroatoms. The van der Waals surface area contributed by atoms with Crippen LogP contribution < -0.4 is 10.1 Å². The van der Waals surface area contributed by atoms with E-state index in [0.29, 0.717) is 18.5 Å². The maximum absolute atomic E-state index is 12.0. The second-order valence-corrected chi connectivity index (χ2v) is 4.61. The Kier molecular flexibility index (Phi) is 5.00. The summed E-state index contributed by atoms with van der Waals surface area (Å²) in [6.45, 7) is -2.40. The Labute approximate surface area is 118 Å². The fraction of sp³-hybridized carbons (Fsp3) is 0.231. The largest absolute Gasteiger partial charge is 0.435 e. The van der Waals surface area contributed by atoms with E-state index in [1.165, 1.54) is 35.6 Å². The third kappa shape index (κ3) is 4.27. The van der Waals surface area contributed by atoms with Gasteiger partial charge in [-0.25, -0.2) is 4.98 Å². The molecule has 0 saturated heterocycles. The molecule has 1 amide bonds. The maximum atomic E-state index is 12.0. The first-order valence-corrected chi connectivity index (χ1v) is 6.79. The highest BCUT2D eigenvalue weighted by Crippen LogP contribution is 2.14. The van der Waals surface area contributed by atoms with Gasteiger partial charge in [0.25, 0.3) is 5.91 Å². The number of carbonyl (C=O) groups is 1. The average Bonchev–Trinajstić information content (AvgIpc) is 2.92. The molecule has 0 bridgehead atoms. The molecule has 1 aromatic heterocycles. The van der Waals surface area contributed by atoms with Crippen LogP contribution in [0.4, 0.5) is 8.78 Å². The SMILES string of the molecule is O=C(NCCc1cscn1)c1ccc(OC(F)F)cc1. The van der Waals surface area contributed by atoms with E-state index in [4.69, 9.17) is 0 Å². The third-order valence-corrected chi connectivity index (χ3v) is 3.13. The number of hydrogen-bond donors (Lipinski definition) is 1. The van der Waals surface area contributed by atoms with Crippen molar-refractivity contribution in [3.8, 4) is 5.75 Å². The van der Waals surface area contributed by atoms with Crippen LogP contribution in [-0.4, -0.2) is 24.0 Å². The third-order valence-electron chi connectivity index (χ3n) is 2.49. The summed E-state index contributed by atoms with van der Waals surface area (Å²) in [6.07, 6.45) is 0.655. The minimum Gasteiger partial charge on any atom is -0.435 e. The van der Waals surface area contributed by atoms with Crippen molar-refractivity contribution in [3.05, 3.63) is 46.4 Å². The summed E-state index contributed by atoms with van der Waals surface area (Å²) in [5.41, 5.74) is 3.06. The van der Waals surface area contributed by atoms with E-state index < -0.39 is 6.61 Å². The van der Waals surface area contributed by atoms with E-state index >= 15 is 0 Å². The van der Waals surface area contributed by atoms with Gasteiger partial charge in [0.2, 0.25) is 0 Å². The molecular formula is C13H12F2N2O2S. The van der Waals surface area contributed by atoms with Gasteiger partial charge in [-0.3, -0.25) is 4.79 Å². The Balaban J connectivity index is 1.82. The van der Waals surface area contributed by atoms with E-state index in [1.54, 1.807) is 5.51 Å². The van der Waals surface area contributed by atoms with Crippen LogP contribution in [0.5, 0.6) is 5.75 Å². The minimum absolute atomic E-state index is 0.0269. The lowest BCUT2D eigenvalue weighted by molar-refractivity contribution is -0.0498. The molecule has 2 rings (SSSR count). The summed E-state index contributed by atoms with van der Waals surface area (Å²) in [6, 6.07) is 5.55. The second-order valence-electron chi connectivity index (χ2n) is 3.89. The summed E-state index contributed by atoms with van der Waals surface area (Å²) in [5.74, 6) is -0.233. The Hall–Kier alpha value is -2.02. The number of rotatable bonds is 6. The molecule has 0 unspecified atom stereocenters. The first-order chi connectivity index (χ1) is 9.65. The molecule has 0 radical (unpaired) electrons. The van der Waals surface area contributed by atoms with E-state index in [1.807, 2.05) is 5.38 Å². The van der Waals surface area contributed by atoms with E-state index in [-0.39, 0.29) is 11.7 Å². The smallest absolute Gasteiger partial charge is 0.387 e. The summed E-state index contributed by atoms with van der Waals surface area (Å²) >= 11 is 1.50. The molecule has 106 valence electrons. The van der Waals surface area contributed by atoms with Crippen LogP contribution in [0.25, 0.3) is 0 Å². The molecule has 0 atom stereocenters. The first kappa shape index (κ1) is 14.4. The van der Waals surface area contributed by atoms with Gasteiger partial charge in [0, 0.05) is 23.9 Å². The highest BCUT2D eigenvalue weighted by molar-refractivity contribution is 7.07. The normalized spacial score (nSPS) is 10.6. The number of halogens is 2. The van der Waals surface area contributed by atoms with E-state index in [9.17, 15) is 13.6 Å². The van der Waals surface area contributed by atoms with Crippen molar-refractivity contribution >= 4 is 17.2 Å². The molecule has 0 fully saturated rings. The van der Waals surface area contributed by atoms with Gasteiger partial charge in [0.05, 0.1) is 11.2 Å². The van der Waals surface area contributed by atoms with Crippen molar-refractivity contribution in [1.82, 2.24) is 10.3 Å². The van der Waals surface area contributed by atoms with Crippen LogP contribution >= 0.6 is 11.3 Å². The number of benzene rings is 1. The standard InChI is InChI=1S/C13H12F2N2O2S/c14-13(15)19-11-3-1-9(2-4-11)12(18)16-6-5-10-7-20-8-17-10/h1-4,7-8,13H,5-6H2,(H,16,18). The van der Waals surface area contributed by atoms with Gasteiger partial charge in [-0.1, -0.05) is 0 Å². The lowest BCUT2D eigenvalue weighted by Gasteiger charge is -2.06. The van der Waals surface area contributed by atoms with E-state index in [0.717, 1.165) is 5.69 Å². The Bertz CT molecular complexity index is 544.